The molecule has 19 heavy (non-hydrogen) atoms. The van der Waals surface area contributed by atoms with Gasteiger partial charge in [0.15, 0.2) is 5.72 Å². The van der Waals surface area contributed by atoms with Crippen molar-refractivity contribution in [3.8, 4) is 5.75 Å². The number of fused-ring (bicyclic) bond motifs is 1. The largest absolute Gasteiger partial charge is 0.467 e. The van der Waals surface area contributed by atoms with Crippen LogP contribution in [0.3, 0.4) is 0 Å². The van der Waals surface area contributed by atoms with Crippen molar-refractivity contribution in [1.29, 1.82) is 0 Å². The van der Waals surface area contributed by atoms with E-state index in [1.54, 1.807) is 0 Å². The van der Waals surface area contributed by atoms with Crippen LogP contribution < -0.4 is 10.1 Å². The lowest BCUT2D eigenvalue weighted by Gasteiger charge is -2.49. The highest BCUT2D eigenvalue weighted by atomic mass is 16.5. The third-order valence-corrected chi connectivity index (χ3v) is 4.12. The lowest BCUT2D eigenvalue weighted by atomic mass is 9.68. The first-order valence-electron chi connectivity index (χ1n) is 7.00. The number of nitrogens with one attached hydrogen (secondary N) is 1. The van der Waals surface area contributed by atoms with E-state index in [9.17, 15) is 4.79 Å². The highest BCUT2D eigenvalue weighted by molar-refractivity contribution is 5.98. The molecule has 1 spiro atoms. The summed E-state index contributed by atoms with van der Waals surface area (Å²) in [5, 5.41) is 3.11. The maximum atomic E-state index is 12.3. The fourth-order valence-electron chi connectivity index (χ4n) is 3.92. The first-order chi connectivity index (χ1) is 8.89. The molecule has 1 aromatic carbocycles. The van der Waals surface area contributed by atoms with E-state index in [-0.39, 0.29) is 11.3 Å². The number of para-hydroxylation sites is 1. The zero-order valence-electron chi connectivity index (χ0n) is 11.8. The second kappa shape index (κ2) is 3.99. The van der Waals surface area contributed by atoms with Gasteiger partial charge in [0.2, 0.25) is 0 Å². The van der Waals surface area contributed by atoms with Crippen molar-refractivity contribution in [2.45, 2.75) is 45.8 Å². The molecule has 2 atom stereocenters. The predicted molar refractivity (Wildman–Crippen MR) is 74.1 cm³/mol. The molecule has 1 fully saturated rings. The highest BCUT2D eigenvalue weighted by Gasteiger charge is 2.48. The van der Waals surface area contributed by atoms with Crippen LogP contribution in [-0.4, -0.2) is 11.6 Å². The second-order valence-corrected chi connectivity index (χ2v) is 6.90. The van der Waals surface area contributed by atoms with Crippen LogP contribution in [-0.2, 0) is 0 Å². The molecule has 0 radical (unpaired) electrons. The van der Waals surface area contributed by atoms with Gasteiger partial charge >= 0.3 is 0 Å². The van der Waals surface area contributed by atoms with Gasteiger partial charge in [-0.3, -0.25) is 4.79 Å². The van der Waals surface area contributed by atoms with Crippen LogP contribution >= 0.6 is 0 Å². The van der Waals surface area contributed by atoms with Gasteiger partial charge < -0.3 is 10.1 Å². The van der Waals surface area contributed by atoms with E-state index in [4.69, 9.17) is 4.74 Å². The van der Waals surface area contributed by atoms with Gasteiger partial charge in [0.1, 0.15) is 5.75 Å². The van der Waals surface area contributed by atoms with Gasteiger partial charge in [-0.15, -0.1) is 0 Å². The second-order valence-electron chi connectivity index (χ2n) is 6.90. The minimum Gasteiger partial charge on any atom is -0.467 e. The summed E-state index contributed by atoms with van der Waals surface area (Å²) >= 11 is 0. The SMILES string of the molecule is CC1CC(C)(C)CC2(C1)NC(=O)c1ccccc1O2. The van der Waals surface area contributed by atoms with Gasteiger partial charge in [-0.1, -0.05) is 32.9 Å². The first kappa shape index (κ1) is 12.5. The van der Waals surface area contributed by atoms with E-state index in [0.29, 0.717) is 11.5 Å². The Bertz CT molecular complexity index is 523. The molecule has 0 aromatic heterocycles. The Labute approximate surface area is 114 Å². The van der Waals surface area contributed by atoms with Crippen LogP contribution in [0.1, 0.15) is 50.4 Å². The Hall–Kier alpha value is -1.51. The van der Waals surface area contributed by atoms with E-state index >= 15 is 0 Å². The van der Waals surface area contributed by atoms with E-state index in [0.717, 1.165) is 18.6 Å². The number of carbonyl (C=O) groups is 1. The van der Waals surface area contributed by atoms with Crippen molar-refractivity contribution in [1.82, 2.24) is 5.32 Å². The van der Waals surface area contributed by atoms with Crippen LogP contribution in [0.25, 0.3) is 0 Å². The van der Waals surface area contributed by atoms with Crippen LogP contribution in [0.5, 0.6) is 5.75 Å². The average Bonchev–Trinajstić information content (AvgIpc) is 2.25. The van der Waals surface area contributed by atoms with Gasteiger partial charge in [-0.25, -0.2) is 0 Å². The molecule has 2 unspecified atom stereocenters. The molecule has 1 saturated carbocycles. The monoisotopic (exact) mass is 259 g/mol. The zero-order valence-corrected chi connectivity index (χ0v) is 11.8. The lowest BCUT2D eigenvalue weighted by Crippen LogP contribution is -2.60. The summed E-state index contributed by atoms with van der Waals surface area (Å²) in [4.78, 5) is 12.3. The summed E-state index contributed by atoms with van der Waals surface area (Å²) in [6.45, 7) is 6.74. The summed E-state index contributed by atoms with van der Waals surface area (Å²) in [5.41, 5.74) is 0.313. The quantitative estimate of drug-likeness (QED) is 0.776. The predicted octanol–water partition coefficient (Wildman–Crippen LogP) is 3.35. The minimum atomic E-state index is -0.521. The number of hydrogen-bond donors (Lipinski definition) is 1. The van der Waals surface area contributed by atoms with Gasteiger partial charge in [0.25, 0.3) is 5.91 Å². The molecule has 3 nitrogen and oxygen atoms in total. The molecule has 1 aromatic rings. The molecule has 3 heteroatoms. The standard InChI is InChI=1S/C16H21NO2/c1-11-8-15(2,3)10-16(9-11)17-14(18)12-6-4-5-7-13(12)19-16/h4-7,11H,8-10H2,1-3H3,(H,17,18). The summed E-state index contributed by atoms with van der Waals surface area (Å²) < 4.78 is 6.20. The molecule has 0 saturated heterocycles. The maximum Gasteiger partial charge on any atom is 0.258 e. The van der Waals surface area contributed by atoms with Crippen LogP contribution in [0, 0.1) is 11.3 Å². The Kier molecular flexibility index (Phi) is 2.63. The number of hydrogen-bond acceptors (Lipinski definition) is 2. The number of ether oxygens (including phenoxy) is 1. The van der Waals surface area contributed by atoms with E-state index in [1.807, 2.05) is 24.3 Å². The molecule has 1 amide bonds. The van der Waals surface area contributed by atoms with Crippen molar-refractivity contribution in [2.75, 3.05) is 0 Å². The van der Waals surface area contributed by atoms with Gasteiger partial charge in [-0.05, 0) is 29.9 Å². The van der Waals surface area contributed by atoms with Gasteiger partial charge in [0, 0.05) is 12.8 Å². The first-order valence-corrected chi connectivity index (χ1v) is 7.00. The molecule has 102 valence electrons. The van der Waals surface area contributed by atoms with Crippen molar-refractivity contribution in [3.63, 3.8) is 0 Å². The third-order valence-electron chi connectivity index (χ3n) is 4.12. The van der Waals surface area contributed by atoms with Gasteiger partial charge in [0.05, 0.1) is 5.56 Å². The molecule has 0 bridgehead atoms. The van der Waals surface area contributed by atoms with Crippen LogP contribution in [0.2, 0.25) is 0 Å². The number of rotatable bonds is 0. The third kappa shape index (κ3) is 2.22. The molecule has 2 aliphatic rings. The van der Waals surface area contributed by atoms with Crippen molar-refractivity contribution in [3.05, 3.63) is 29.8 Å². The van der Waals surface area contributed by atoms with E-state index in [1.165, 1.54) is 6.42 Å². The average molecular weight is 259 g/mol. The van der Waals surface area contributed by atoms with Crippen molar-refractivity contribution < 1.29 is 9.53 Å². The number of benzene rings is 1. The van der Waals surface area contributed by atoms with E-state index < -0.39 is 5.72 Å². The van der Waals surface area contributed by atoms with Crippen LogP contribution in [0.15, 0.2) is 24.3 Å². The molecule has 1 aliphatic carbocycles. The molecule has 1 N–H and O–H groups in total. The van der Waals surface area contributed by atoms with Crippen LogP contribution in [0.4, 0.5) is 0 Å². The topological polar surface area (TPSA) is 38.3 Å². The highest BCUT2D eigenvalue weighted by Crippen LogP contribution is 2.46. The summed E-state index contributed by atoms with van der Waals surface area (Å²) in [7, 11) is 0. The fourth-order valence-corrected chi connectivity index (χ4v) is 3.92. The minimum absolute atomic E-state index is 0.00764. The van der Waals surface area contributed by atoms with Gasteiger partial charge in [-0.2, -0.15) is 0 Å². The van der Waals surface area contributed by atoms with E-state index in [2.05, 4.69) is 26.1 Å². The molecular formula is C16H21NO2. The summed E-state index contributed by atoms with van der Waals surface area (Å²) in [6, 6.07) is 7.49. The zero-order chi connectivity index (χ0) is 13.7. The maximum absolute atomic E-state index is 12.3. The van der Waals surface area contributed by atoms with Crippen molar-refractivity contribution >= 4 is 5.91 Å². The summed E-state index contributed by atoms with van der Waals surface area (Å²) in [5.74, 6) is 1.26. The fraction of sp³-hybridized carbons (Fsp3) is 0.562. The molecule has 1 aliphatic heterocycles. The smallest absolute Gasteiger partial charge is 0.258 e. The Morgan fingerprint density at radius 2 is 2.00 bits per heavy atom. The lowest BCUT2D eigenvalue weighted by molar-refractivity contribution is -0.0618. The normalized spacial score (nSPS) is 32.4. The Morgan fingerprint density at radius 3 is 2.74 bits per heavy atom. The Balaban J connectivity index is 1.97. The molecular weight excluding hydrogens is 238 g/mol. The van der Waals surface area contributed by atoms with Crippen molar-refractivity contribution in [2.24, 2.45) is 11.3 Å². The summed E-state index contributed by atoms with van der Waals surface area (Å²) in [6.07, 6.45) is 2.93. The Morgan fingerprint density at radius 1 is 1.26 bits per heavy atom. The molecule has 3 rings (SSSR count). The number of carbonyl (C=O) groups excluding carboxylic acids is 1. The number of amides is 1. The molecule has 1 heterocycles.